The van der Waals surface area contributed by atoms with Gasteiger partial charge in [-0.3, -0.25) is 19.7 Å². The highest BCUT2D eigenvalue weighted by Gasteiger charge is 2.50. The van der Waals surface area contributed by atoms with Crippen LogP contribution in [-0.2, 0) is 25.7 Å². The third kappa shape index (κ3) is 4.27. The highest BCUT2D eigenvalue weighted by atomic mass is 16.6. The third-order valence-electron chi connectivity index (χ3n) is 4.51. The largest absolute Gasteiger partial charge is 0.452 e. The molecule has 1 fully saturated rings. The van der Waals surface area contributed by atoms with Gasteiger partial charge in [-0.1, -0.05) is 6.92 Å². The van der Waals surface area contributed by atoms with Crippen LogP contribution >= 0.6 is 0 Å². The zero-order valence-corrected chi connectivity index (χ0v) is 15.1. The van der Waals surface area contributed by atoms with Gasteiger partial charge in [-0.05, 0) is 24.6 Å². The van der Waals surface area contributed by atoms with E-state index in [4.69, 9.17) is 10.3 Å². The molecule has 0 radical (unpaired) electrons. The summed E-state index contributed by atoms with van der Waals surface area (Å²) >= 11 is 0. The van der Waals surface area contributed by atoms with Gasteiger partial charge in [0.15, 0.2) is 0 Å². The molecule has 1 aromatic rings. The minimum Gasteiger partial charge on any atom is -0.452 e. The number of hydrogen-bond acceptors (Lipinski definition) is 7. The van der Waals surface area contributed by atoms with E-state index in [0.717, 1.165) is 0 Å². The molecule has 148 valence electrons. The lowest BCUT2D eigenvalue weighted by atomic mass is 9.75. The number of carbonyl (C=O) groups excluding carboxylic acids is 3. The topological polar surface area (TPSA) is 172 Å². The Kier molecular flexibility index (Phi) is 6.34. The maximum absolute atomic E-state index is 12.5. The van der Waals surface area contributed by atoms with Gasteiger partial charge in [0.1, 0.15) is 6.61 Å². The number of Topliss-reactive ketones (excluding diaryl/α,β-unsaturated/α-hetero) is 1. The summed E-state index contributed by atoms with van der Waals surface area (Å²) in [5.41, 5.74) is 8.47. The van der Waals surface area contributed by atoms with Crippen molar-refractivity contribution in [1.82, 2.24) is 5.32 Å². The summed E-state index contributed by atoms with van der Waals surface area (Å²) in [6, 6.07) is 4.54. The maximum atomic E-state index is 12.5. The maximum Gasteiger partial charge on any atom is 0.441 e. The number of esters is 1. The number of β-lactam (4-membered cyclic amide) rings is 1. The standard InChI is InChI=1S/C17H18N4O7/c1-8(12-13(9(2)22)19-16(12)24)15(23)14(20-18)17(25)28-7-10-3-5-11(6-4-10)21(26)27/h3-6,8-9,12-13,22H,7H2,1-2H3,(H,19,24)/t8-,9?,12-,13-/m1/s1. The molecule has 1 aliphatic rings. The van der Waals surface area contributed by atoms with Crippen molar-refractivity contribution in [1.29, 1.82) is 0 Å². The summed E-state index contributed by atoms with van der Waals surface area (Å²) in [7, 11) is 0. The molecule has 1 saturated heterocycles. The zero-order chi connectivity index (χ0) is 21.0. The number of ether oxygens (including phenoxy) is 1. The van der Waals surface area contributed by atoms with Crippen molar-refractivity contribution in [2.24, 2.45) is 11.8 Å². The lowest BCUT2D eigenvalue weighted by Crippen LogP contribution is -2.66. The monoisotopic (exact) mass is 390 g/mol. The predicted octanol–water partition coefficient (Wildman–Crippen LogP) is 0.00940. The number of benzene rings is 1. The van der Waals surface area contributed by atoms with E-state index in [0.29, 0.717) is 5.56 Å². The van der Waals surface area contributed by atoms with E-state index in [9.17, 15) is 29.6 Å². The van der Waals surface area contributed by atoms with Crippen LogP contribution in [0.25, 0.3) is 5.53 Å². The van der Waals surface area contributed by atoms with Crippen LogP contribution in [0.5, 0.6) is 0 Å². The van der Waals surface area contributed by atoms with Crippen molar-refractivity contribution < 1.29 is 33.9 Å². The number of nitrogens with one attached hydrogen (secondary N) is 1. The van der Waals surface area contributed by atoms with Crippen molar-refractivity contribution in [3.05, 3.63) is 45.5 Å². The molecule has 0 spiro atoms. The van der Waals surface area contributed by atoms with Crippen LogP contribution in [0.2, 0.25) is 0 Å². The van der Waals surface area contributed by atoms with Crippen LogP contribution < -0.4 is 5.32 Å². The number of nitro groups is 1. The molecule has 0 aromatic heterocycles. The third-order valence-corrected chi connectivity index (χ3v) is 4.51. The molecule has 2 rings (SSSR count). The fraction of sp³-hybridized carbons (Fsp3) is 0.412. The van der Waals surface area contributed by atoms with Gasteiger partial charge in [-0.15, -0.1) is 0 Å². The molecule has 1 unspecified atom stereocenters. The molecule has 0 saturated carbocycles. The second-order valence-electron chi connectivity index (χ2n) is 6.40. The summed E-state index contributed by atoms with van der Waals surface area (Å²) in [6.45, 7) is 2.53. The Bertz CT molecular complexity index is 859. The van der Waals surface area contributed by atoms with Gasteiger partial charge in [0.25, 0.3) is 11.5 Å². The lowest BCUT2D eigenvalue weighted by molar-refractivity contribution is -0.384. The molecule has 1 heterocycles. The first-order valence-electron chi connectivity index (χ1n) is 8.32. The van der Waals surface area contributed by atoms with E-state index in [1.165, 1.54) is 38.1 Å². The second kappa shape index (κ2) is 8.51. The number of nitrogens with zero attached hydrogens (tertiary/aromatic N) is 3. The first kappa shape index (κ1) is 20.9. The van der Waals surface area contributed by atoms with Gasteiger partial charge in [0, 0.05) is 18.1 Å². The molecule has 0 aliphatic carbocycles. The van der Waals surface area contributed by atoms with Crippen molar-refractivity contribution in [2.45, 2.75) is 32.6 Å². The first-order valence-corrected chi connectivity index (χ1v) is 8.32. The minimum atomic E-state index is -1.20. The highest BCUT2D eigenvalue weighted by molar-refractivity contribution is 6.62. The Balaban J connectivity index is 2.02. The smallest absolute Gasteiger partial charge is 0.441 e. The molecule has 0 bridgehead atoms. The molecule has 2 N–H and O–H groups in total. The summed E-state index contributed by atoms with van der Waals surface area (Å²) in [4.78, 5) is 49.0. The lowest BCUT2D eigenvalue weighted by Gasteiger charge is -2.40. The van der Waals surface area contributed by atoms with E-state index < -0.39 is 52.3 Å². The molecule has 11 heteroatoms. The van der Waals surface area contributed by atoms with Crippen molar-refractivity contribution in [3.63, 3.8) is 0 Å². The van der Waals surface area contributed by atoms with E-state index in [-0.39, 0.29) is 12.3 Å². The molecule has 11 nitrogen and oxygen atoms in total. The van der Waals surface area contributed by atoms with E-state index in [1.54, 1.807) is 0 Å². The van der Waals surface area contributed by atoms with E-state index in [2.05, 4.69) is 10.1 Å². The molecule has 1 aromatic carbocycles. The predicted molar refractivity (Wildman–Crippen MR) is 92.8 cm³/mol. The number of nitro benzene ring substituents is 1. The quantitative estimate of drug-likeness (QED) is 0.0919. The number of hydrogen-bond donors (Lipinski definition) is 2. The fourth-order valence-corrected chi connectivity index (χ4v) is 2.88. The molecule has 4 atom stereocenters. The Morgan fingerprint density at radius 1 is 1.36 bits per heavy atom. The average molecular weight is 390 g/mol. The normalized spacial score (nSPS) is 20.0. The van der Waals surface area contributed by atoms with Gasteiger partial charge in [-0.2, -0.15) is 4.79 Å². The van der Waals surface area contributed by atoms with Gasteiger partial charge in [0.05, 0.1) is 23.0 Å². The Morgan fingerprint density at radius 2 is 1.96 bits per heavy atom. The fourth-order valence-electron chi connectivity index (χ4n) is 2.88. The number of amides is 1. The van der Waals surface area contributed by atoms with Crippen LogP contribution in [0.4, 0.5) is 5.69 Å². The summed E-state index contributed by atoms with van der Waals surface area (Å²) in [5, 5.41) is 22.7. The van der Waals surface area contributed by atoms with E-state index in [1.807, 2.05) is 0 Å². The minimum absolute atomic E-state index is 0.136. The van der Waals surface area contributed by atoms with Crippen LogP contribution in [0.1, 0.15) is 19.4 Å². The van der Waals surface area contributed by atoms with Crippen LogP contribution in [0, 0.1) is 22.0 Å². The average Bonchev–Trinajstić information content (AvgIpc) is 2.64. The van der Waals surface area contributed by atoms with E-state index >= 15 is 0 Å². The zero-order valence-electron chi connectivity index (χ0n) is 15.1. The molecule has 28 heavy (non-hydrogen) atoms. The van der Waals surface area contributed by atoms with Gasteiger partial charge >= 0.3 is 11.7 Å². The van der Waals surface area contributed by atoms with Gasteiger partial charge < -0.3 is 20.7 Å². The molecular weight excluding hydrogens is 372 g/mol. The molecule has 1 aliphatic heterocycles. The van der Waals surface area contributed by atoms with Gasteiger partial charge in [0.2, 0.25) is 5.91 Å². The number of carbonyl (C=O) groups is 3. The molecule has 1 amide bonds. The molecular formula is C17H18N4O7. The second-order valence-corrected chi connectivity index (χ2v) is 6.40. The van der Waals surface area contributed by atoms with Crippen molar-refractivity contribution in [3.8, 4) is 0 Å². The summed E-state index contributed by atoms with van der Waals surface area (Å²) < 4.78 is 4.91. The van der Waals surface area contributed by atoms with Crippen LogP contribution in [-0.4, -0.2) is 50.3 Å². The van der Waals surface area contributed by atoms with Crippen LogP contribution in [0.15, 0.2) is 24.3 Å². The summed E-state index contributed by atoms with van der Waals surface area (Å²) in [5.74, 6) is -4.45. The van der Waals surface area contributed by atoms with Crippen LogP contribution in [0.3, 0.4) is 0 Å². The first-order chi connectivity index (χ1) is 13.2. The van der Waals surface area contributed by atoms with Crippen molar-refractivity contribution >= 4 is 29.1 Å². The Labute approximate surface area is 159 Å². The Morgan fingerprint density at radius 3 is 2.43 bits per heavy atom. The number of aliphatic hydroxyl groups excluding tert-OH is 1. The highest BCUT2D eigenvalue weighted by Crippen LogP contribution is 2.27. The van der Waals surface area contributed by atoms with Crippen molar-refractivity contribution in [2.75, 3.05) is 0 Å². The van der Waals surface area contributed by atoms with Gasteiger partial charge in [-0.25, -0.2) is 4.79 Å². The SMILES string of the molecule is CC(O)[C@H]1NC(=O)[C@@H]1[C@@H](C)C(=O)C(=[N+]=[N-])C(=O)OCc1ccc([N+](=O)[O-])cc1. The number of non-ortho nitro benzene ring substituents is 1. The number of aliphatic hydroxyl groups is 1. The Hall–Kier alpha value is -3.43. The summed E-state index contributed by atoms with van der Waals surface area (Å²) in [6.07, 6.45) is -0.901. The number of rotatable bonds is 8. The number of ketones is 1.